The van der Waals surface area contributed by atoms with Crippen molar-refractivity contribution in [3.8, 4) is 0 Å². The Hall–Kier alpha value is -1.07. The summed E-state index contributed by atoms with van der Waals surface area (Å²) in [6, 6.07) is 4.73. The van der Waals surface area contributed by atoms with E-state index in [9.17, 15) is 9.18 Å². The monoisotopic (exact) mass is 296 g/mol. The molecular formula is C15H21FN2OS. The van der Waals surface area contributed by atoms with Crippen molar-refractivity contribution in [2.75, 3.05) is 26.7 Å². The van der Waals surface area contributed by atoms with Gasteiger partial charge in [-0.15, -0.1) is 12.6 Å². The first-order chi connectivity index (χ1) is 9.52. The van der Waals surface area contributed by atoms with Crippen LogP contribution in [0.4, 0.5) is 4.39 Å². The molecule has 3 nitrogen and oxygen atoms in total. The lowest BCUT2D eigenvalue weighted by molar-refractivity contribution is 0.0754. The molecule has 0 bridgehead atoms. The Kier molecular flexibility index (Phi) is 5.05. The number of carbonyl (C=O) groups excluding carboxylic acids is 1. The topological polar surface area (TPSA) is 23.6 Å². The minimum Gasteiger partial charge on any atom is -0.340 e. The third-order valence-corrected chi connectivity index (χ3v) is 4.27. The van der Waals surface area contributed by atoms with Gasteiger partial charge in [-0.25, -0.2) is 4.39 Å². The molecule has 1 atom stereocenters. The molecule has 1 aromatic rings. The van der Waals surface area contributed by atoms with Crippen molar-refractivity contribution in [3.63, 3.8) is 0 Å². The van der Waals surface area contributed by atoms with Crippen molar-refractivity contribution < 1.29 is 9.18 Å². The summed E-state index contributed by atoms with van der Waals surface area (Å²) in [6.07, 6.45) is 2.32. The van der Waals surface area contributed by atoms with E-state index < -0.39 is 5.82 Å². The van der Waals surface area contributed by atoms with Gasteiger partial charge >= 0.3 is 0 Å². The standard InChI is InChI=1S/C15H21FN2OS/c1-3-18-8-4-5-12(18)10-17(2)15(19)11-6-7-13(16)14(20)9-11/h6-7,9,12,20H,3-5,8,10H2,1-2H3. The molecule has 1 unspecified atom stereocenters. The first-order valence-electron chi connectivity index (χ1n) is 7.01. The van der Waals surface area contributed by atoms with Gasteiger partial charge in [-0.05, 0) is 44.1 Å². The molecule has 5 heteroatoms. The summed E-state index contributed by atoms with van der Waals surface area (Å²) < 4.78 is 13.2. The molecule has 110 valence electrons. The zero-order chi connectivity index (χ0) is 14.7. The van der Waals surface area contributed by atoms with E-state index in [4.69, 9.17) is 0 Å². The molecule has 0 saturated carbocycles. The largest absolute Gasteiger partial charge is 0.340 e. The number of halogens is 1. The van der Waals surface area contributed by atoms with E-state index >= 15 is 0 Å². The molecule has 0 aliphatic carbocycles. The molecular weight excluding hydrogens is 275 g/mol. The molecule has 1 fully saturated rings. The Balaban J connectivity index is 2.03. The SMILES string of the molecule is CCN1CCCC1CN(C)C(=O)c1ccc(F)c(S)c1. The van der Waals surface area contributed by atoms with Gasteiger partial charge in [0.1, 0.15) is 5.82 Å². The van der Waals surface area contributed by atoms with Gasteiger partial charge in [0.2, 0.25) is 0 Å². The number of rotatable bonds is 4. The van der Waals surface area contributed by atoms with Crippen molar-refractivity contribution in [3.05, 3.63) is 29.6 Å². The van der Waals surface area contributed by atoms with Crippen molar-refractivity contribution in [1.29, 1.82) is 0 Å². The summed E-state index contributed by atoms with van der Waals surface area (Å²) in [7, 11) is 1.80. The number of benzene rings is 1. The second kappa shape index (κ2) is 6.59. The Morgan fingerprint density at radius 1 is 1.55 bits per heavy atom. The van der Waals surface area contributed by atoms with Crippen molar-refractivity contribution in [2.24, 2.45) is 0 Å². The summed E-state index contributed by atoms with van der Waals surface area (Å²) in [6.45, 7) is 4.99. The summed E-state index contributed by atoms with van der Waals surface area (Å²) >= 11 is 4.02. The zero-order valence-corrected chi connectivity index (χ0v) is 12.9. The number of thiol groups is 1. The minimum atomic E-state index is -0.402. The fourth-order valence-corrected chi connectivity index (χ4v) is 3.00. The van der Waals surface area contributed by atoms with E-state index in [1.54, 1.807) is 11.9 Å². The van der Waals surface area contributed by atoms with Crippen LogP contribution < -0.4 is 0 Å². The number of amides is 1. The van der Waals surface area contributed by atoms with Gasteiger partial charge in [-0.2, -0.15) is 0 Å². The summed E-state index contributed by atoms with van der Waals surface area (Å²) in [5.74, 6) is -0.483. The van der Waals surface area contributed by atoms with Crippen molar-refractivity contribution >= 4 is 18.5 Å². The van der Waals surface area contributed by atoms with Gasteiger partial charge < -0.3 is 4.90 Å². The highest BCUT2D eigenvalue weighted by Crippen LogP contribution is 2.19. The predicted molar refractivity (Wildman–Crippen MR) is 80.9 cm³/mol. The Morgan fingerprint density at radius 3 is 2.95 bits per heavy atom. The second-order valence-corrected chi connectivity index (χ2v) is 5.76. The highest BCUT2D eigenvalue weighted by Gasteiger charge is 2.26. The molecule has 1 aliphatic rings. The molecule has 1 aliphatic heterocycles. The molecule has 1 heterocycles. The van der Waals surface area contributed by atoms with E-state index in [0.717, 1.165) is 19.5 Å². The van der Waals surface area contributed by atoms with E-state index in [1.165, 1.54) is 24.6 Å². The van der Waals surface area contributed by atoms with Gasteiger partial charge in [0.25, 0.3) is 5.91 Å². The van der Waals surface area contributed by atoms with Crippen LogP contribution >= 0.6 is 12.6 Å². The quantitative estimate of drug-likeness (QED) is 0.864. The van der Waals surface area contributed by atoms with Crippen LogP contribution in [-0.2, 0) is 0 Å². The van der Waals surface area contributed by atoms with Crippen LogP contribution in [0, 0.1) is 5.82 Å². The molecule has 2 rings (SSSR count). The Labute approximate surface area is 125 Å². The van der Waals surface area contributed by atoms with E-state index in [0.29, 0.717) is 18.2 Å². The number of carbonyl (C=O) groups is 1. The molecule has 0 aromatic heterocycles. The van der Waals surface area contributed by atoms with Gasteiger partial charge in [0.15, 0.2) is 0 Å². The van der Waals surface area contributed by atoms with Crippen LogP contribution in [0.3, 0.4) is 0 Å². The molecule has 20 heavy (non-hydrogen) atoms. The van der Waals surface area contributed by atoms with Gasteiger partial charge in [0.05, 0.1) is 0 Å². The number of hydrogen-bond acceptors (Lipinski definition) is 3. The zero-order valence-electron chi connectivity index (χ0n) is 12.0. The lowest BCUT2D eigenvalue weighted by Gasteiger charge is -2.27. The highest BCUT2D eigenvalue weighted by atomic mass is 32.1. The minimum absolute atomic E-state index is 0.0803. The summed E-state index contributed by atoms with van der Waals surface area (Å²) in [5, 5.41) is 0. The first-order valence-corrected chi connectivity index (χ1v) is 7.45. The smallest absolute Gasteiger partial charge is 0.253 e. The summed E-state index contributed by atoms with van der Waals surface area (Å²) in [4.78, 5) is 16.7. The van der Waals surface area contributed by atoms with Crippen molar-refractivity contribution in [1.82, 2.24) is 9.80 Å². The predicted octanol–water partition coefficient (Wildman–Crippen LogP) is 2.67. The van der Waals surface area contributed by atoms with Crippen LogP contribution in [0.2, 0.25) is 0 Å². The molecule has 0 N–H and O–H groups in total. The van der Waals surface area contributed by atoms with Crippen LogP contribution in [0.1, 0.15) is 30.1 Å². The molecule has 0 radical (unpaired) electrons. The van der Waals surface area contributed by atoms with Crippen molar-refractivity contribution in [2.45, 2.75) is 30.7 Å². The van der Waals surface area contributed by atoms with E-state index in [2.05, 4.69) is 24.5 Å². The fraction of sp³-hybridized carbons (Fsp3) is 0.533. The lowest BCUT2D eigenvalue weighted by atomic mass is 10.1. The second-order valence-electron chi connectivity index (χ2n) is 5.28. The maximum absolute atomic E-state index is 13.2. The average Bonchev–Trinajstić information content (AvgIpc) is 2.88. The number of likely N-dealkylation sites (N-methyl/N-ethyl adjacent to an activating group) is 2. The molecule has 1 aromatic carbocycles. The van der Waals surface area contributed by atoms with Crippen LogP contribution in [0.15, 0.2) is 23.1 Å². The van der Waals surface area contributed by atoms with Gasteiger partial charge in [0, 0.05) is 30.1 Å². The van der Waals surface area contributed by atoms with E-state index in [-0.39, 0.29) is 10.8 Å². The van der Waals surface area contributed by atoms with Crippen LogP contribution in [0.5, 0.6) is 0 Å². The third kappa shape index (κ3) is 3.33. The third-order valence-electron chi connectivity index (χ3n) is 3.93. The maximum Gasteiger partial charge on any atom is 0.253 e. The van der Waals surface area contributed by atoms with Crippen LogP contribution in [-0.4, -0.2) is 48.4 Å². The molecule has 1 amide bonds. The summed E-state index contributed by atoms with van der Waals surface area (Å²) in [5.41, 5.74) is 0.486. The maximum atomic E-state index is 13.2. The normalized spacial score (nSPS) is 19.3. The van der Waals surface area contributed by atoms with E-state index in [1.807, 2.05) is 0 Å². The average molecular weight is 296 g/mol. The fourth-order valence-electron chi connectivity index (χ4n) is 2.78. The Bertz CT molecular complexity index is 495. The highest BCUT2D eigenvalue weighted by molar-refractivity contribution is 7.80. The lowest BCUT2D eigenvalue weighted by Crippen LogP contribution is -2.41. The molecule has 0 spiro atoms. The Morgan fingerprint density at radius 2 is 2.30 bits per heavy atom. The number of nitrogens with zero attached hydrogens (tertiary/aromatic N) is 2. The van der Waals surface area contributed by atoms with Crippen LogP contribution in [0.25, 0.3) is 0 Å². The first kappa shape index (κ1) is 15.3. The number of hydrogen-bond donors (Lipinski definition) is 1. The molecule has 1 saturated heterocycles. The van der Waals surface area contributed by atoms with Gasteiger partial charge in [-0.1, -0.05) is 6.92 Å². The van der Waals surface area contributed by atoms with Gasteiger partial charge in [-0.3, -0.25) is 9.69 Å². The number of likely N-dealkylation sites (tertiary alicyclic amines) is 1.